The normalized spacial score (nSPS) is 13.2. The summed E-state index contributed by atoms with van der Waals surface area (Å²) in [5.41, 5.74) is -1.87. The third kappa shape index (κ3) is 5.62. The van der Waals surface area contributed by atoms with Crippen LogP contribution in [0.4, 0.5) is 64.1 Å². The Hall–Kier alpha value is -3.58. The summed E-state index contributed by atoms with van der Waals surface area (Å²) >= 11 is 0. The molecular formula is C22H12F12N2. The molecule has 0 unspecified atom stereocenters. The van der Waals surface area contributed by atoms with Gasteiger partial charge in [0.1, 0.15) is 0 Å². The summed E-state index contributed by atoms with van der Waals surface area (Å²) < 4.78 is 162. The van der Waals surface area contributed by atoms with E-state index in [1.807, 2.05) is 0 Å². The lowest BCUT2D eigenvalue weighted by Crippen LogP contribution is -2.14. The highest BCUT2D eigenvalue weighted by Gasteiger charge is 2.41. The van der Waals surface area contributed by atoms with Gasteiger partial charge in [0.2, 0.25) is 0 Å². The average molecular weight is 532 g/mol. The molecule has 4 N–H and O–H groups in total. The molecule has 0 saturated carbocycles. The molecule has 0 atom stereocenters. The van der Waals surface area contributed by atoms with Crippen molar-refractivity contribution in [1.82, 2.24) is 0 Å². The molecule has 0 aliphatic carbocycles. The van der Waals surface area contributed by atoms with Crippen molar-refractivity contribution in [3.05, 3.63) is 70.8 Å². The van der Waals surface area contributed by atoms with Crippen LogP contribution in [0.3, 0.4) is 0 Å². The maximum atomic E-state index is 13.9. The molecule has 0 spiro atoms. The highest BCUT2D eigenvalue weighted by atomic mass is 19.4. The summed E-state index contributed by atoms with van der Waals surface area (Å²) in [4.78, 5) is 0. The SMILES string of the molecule is Nc1cc(-c2cc(C(F)(F)F)c(-c3cc(N)cc(C(F)(F)F)c3)cc2C(F)(F)F)cc(C(F)(F)F)c1. The third-order valence-electron chi connectivity index (χ3n) is 4.96. The average Bonchev–Trinajstić information content (AvgIpc) is 2.69. The number of hydrogen-bond donors (Lipinski definition) is 2. The molecule has 194 valence electrons. The van der Waals surface area contributed by atoms with E-state index in [9.17, 15) is 52.7 Å². The number of rotatable bonds is 2. The number of halogens is 12. The summed E-state index contributed by atoms with van der Waals surface area (Å²) in [5.74, 6) is 0. The molecule has 3 aromatic carbocycles. The first-order chi connectivity index (χ1) is 16.2. The van der Waals surface area contributed by atoms with Gasteiger partial charge in [-0.25, -0.2) is 0 Å². The summed E-state index contributed by atoms with van der Waals surface area (Å²) in [5, 5.41) is 0. The number of nitrogen functional groups attached to an aromatic ring is 2. The quantitative estimate of drug-likeness (QED) is 0.258. The molecule has 0 amide bonds. The topological polar surface area (TPSA) is 52.0 Å². The Morgan fingerprint density at radius 2 is 0.694 bits per heavy atom. The third-order valence-corrected chi connectivity index (χ3v) is 4.96. The fourth-order valence-electron chi connectivity index (χ4n) is 3.49. The second-order valence-electron chi connectivity index (χ2n) is 7.62. The van der Waals surface area contributed by atoms with Crippen LogP contribution in [-0.2, 0) is 24.7 Å². The van der Waals surface area contributed by atoms with Crippen molar-refractivity contribution in [1.29, 1.82) is 0 Å². The lowest BCUT2D eigenvalue weighted by atomic mass is 9.88. The van der Waals surface area contributed by atoms with Gasteiger partial charge in [-0.1, -0.05) is 0 Å². The Labute approximate surface area is 194 Å². The minimum absolute atomic E-state index is 0.0798. The summed E-state index contributed by atoms with van der Waals surface area (Å²) in [6, 6.07) is 2.19. The van der Waals surface area contributed by atoms with E-state index < -0.39 is 80.6 Å². The van der Waals surface area contributed by atoms with E-state index in [1.54, 1.807) is 0 Å². The first kappa shape index (κ1) is 27.0. The maximum absolute atomic E-state index is 13.9. The second kappa shape index (κ2) is 8.52. The van der Waals surface area contributed by atoms with Crippen molar-refractivity contribution < 1.29 is 52.7 Å². The van der Waals surface area contributed by atoms with Gasteiger partial charge in [-0.15, -0.1) is 0 Å². The van der Waals surface area contributed by atoms with Gasteiger partial charge in [-0.05, 0) is 70.8 Å². The van der Waals surface area contributed by atoms with Crippen molar-refractivity contribution in [3.8, 4) is 22.3 Å². The van der Waals surface area contributed by atoms with Crippen LogP contribution < -0.4 is 11.5 Å². The maximum Gasteiger partial charge on any atom is 0.417 e. The van der Waals surface area contributed by atoms with Gasteiger partial charge in [0.05, 0.1) is 22.3 Å². The van der Waals surface area contributed by atoms with Gasteiger partial charge in [0.15, 0.2) is 0 Å². The molecule has 3 aromatic rings. The highest BCUT2D eigenvalue weighted by molar-refractivity contribution is 5.80. The Morgan fingerprint density at radius 1 is 0.389 bits per heavy atom. The Balaban J connectivity index is 2.44. The fourth-order valence-corrected chi connectivity index (χ4v) is 3.49. The van der Waals surface area contributed by atoms with Crippen LogP contribution in [0.2, 0.25) is 0 Å². The zero-order chi connectivity index (χ0) is 27.4. The number of benzene rings is 3. The Kier molecular flexibility index (Phi) is 6.39. The van der Waals surface area contributed by atoms with Crippen LogP contribution in [0.25, 0.3) is 22.3 Å². The van der Waals surface area contributed by atoms with Crippen molar-refractivity contribution >= 4 is 11.4 Å². The van der Waals surface area contributed by atoms with Crippen molar-refractivity contribution in [2.75, 3.05) is 11.5 Å². The van der Waals surface area contributed by atoms with E-state index in [0.717, 1.165) is 0 Å². The van der Waals surface area contributed by atoms with E-state index in [0.29, 0.717) is 24.3 Å². The Morgan fingerprint density at radius 3 is 0.944 bits per heavy atom. The highest BCUT2D eigenvalue weighted by Crippen LogP contribution is 2.47. The molecule has 0 aliphatic heterocycles. The van der Waals surface area contributed by atoms with Crippen LogP contribution >= 0.6 is 0 Å². The van der Waals surface area contributed by atoms with Crippen molar-refractivity contribution in [2.45, 2.75) is 24.7 Å². The predicted octanol–water partition coefficient (Wildman–Crippen LogP) is 8.26. The molecule has 14 heteroatoms. The van der Waals surface area contributed by atoms with E-state index in [-0.39, 0.29) is 24.3 Å². The van der Waals surface area contributed by atoms with Gasteiger partial charge >= 0.3 is 24.7 Å². The van der Waals surface area contributed by atoms with Crippen molar-refractivity contribution in [2.24, 2.45) is 0 Å². The largest absolute Gasteiger partial charge is 0.417 e. The van der Waals surface area contributed by atoms with Gasteiger partial charge in [0.25, 0.3) is 0 Å². The molecular weight excluding hydrogens is 520 g/mol. The van der Waals surface area contributed by atoms with E-state index in [2.05, 4.69) is 0 Å². The molecule has 2 nitrogen and oxygen atoms in total. The van der Waals surface area contributed by atoms with Gasteiger partial charge in [-0.2, -0.15) is 52.7 Å². The zero-order valence-electron chi connectivity index (χ0n) is 17.3. The molecule has 0 radical (unpaired) electrons. The lowest BCUT2D eigenvalue weighted by molar-refractivity contribution is -0.140. The van der Waals surface area contributed by atoms with Gasteiger partial charge < -0.3 is 11.5 Å². The van der Waals surface area contributed by atoms with Crippen LogP contribution in [0.1, 0.15) is 22.3 Å². The van der Waals surface area contributed by atoms with Gasteiger partial charge in [-0.3, -0.25) is 0 Å². The monoisotopic (exact) mass is 532 g/mol. The first-order valence-corrected chi connectivity index (χ1v) is 9.46. The summed E-state index contributed by atoms with van der Waals surface area (Å²) in [6.07, 6.45) is -21.0. The van der Waals surface area contributed by atoms with E-state index in [4.69, 9.17) is 11.5 Å². The van der Waals surface area contributed by atoms with E-state index in [1.165, 1.54) is 0 Å². The molecule has 3 rings (SSSR count). The lowest BCUT2D eigenvalue weighted by Gasteiger charge is -2.21. The van der Waals surface area contributed by atoms with Crippen LogP contribution in [0, 0.1) is 0 Å². The fraction of sp³-hybridized carbons (Fsp3) is 0.182. The number of alkyl halides is 12. The molecule has 36 heavy (non-hydrogen) atoms. The number of nitrogens with two attached hydrogens (primary N) is 2. The number of anilines is 2. The van der Waals surface area contributed by atoms with Crippen LogP contribution in [0.5, 0.6) is 0 Å². The minimum Gasteiger partial charge on any atom is -0.399 e. The molecule has 0 aliphatic rings. The standard InChI is InChI=1S/C22H12F12N2/c23-19(24,25)11-1-9(3-13(35)5-11)15-7-18(22(32,33)34)16(8-17(15)21(29,30)31)10-2-12(20(26,27)28)6-14(36)4-10/h1-8H,35-36H2. The summed E-state index contributed by atoms with van der Waals surface area (Å²) in [6.45, 7) is 0. The zero-order valence-corrected chi connectivity index (χ0v) is 17.3. The van der Waals surface area contributed by atoms with Crippen molar-refractivity contribution in [3.63, 3.8) is 0 Å². The number of hydrogen-bond acceptors (Lipinski definition) is 2. The first-order valence-electron chi connectivity index (χ1n) is 9.46. The molecule has 0 fully saturated rings. The Bertz CT molecular complexity index is 1200. The smallest absolute Gasteiger partial charge is 0.399 e. The van der Waals surface area contributed by atoms with Gasteiger partial charge in [0, 0.05) is 11.4 Å². The molecule has 0 aromatic heterocycles. The predicted molar refractivity (Wildman–Crippen MR) is 106 cm³/mol. The van der Waals surface area contributed by atoms with Crippen LogP contribution in [-0.4, -0.2) is 0 Å². The molecule has 0 bridgehead atoms. The minimum atomic E-state index is -5.43. The van der Waals surface area contributed by atoms with Crippen LogP contribution in [0.15, 0.2) is 48.5 Å². The molecule has 0 heterocycles. The molecule has 0 saturated heterocycles. The summed E-state index contributed by atoms with van der Waals surface area (Å²) in [7, 11) is 0. The van der Waals surface area contributed by atoms with E-state index >= 15 is 0 Å². The second-order valence-corrected chi connectivity index (χ2v) is 7.62.